The fourth-order valence-corrected chi connectivity index (χ4v) is 2.70. The lowest BCUT2D eigenvalue weighted by molar-refractivity contribution is -0.126. The summed E-state index contributed by atoms with van der Waals surface area (Å²) in [4.78, 5) is 37.6. The van der Waals surface area contributed by atoms with E-state index in [0.717, 1.165) is 12.0 Å². The Morgan fingerprint density at radius 2 is 1.90 bits per heavy atom. The molecule has 29 heavy (non-hydrogen) atoms. The lowest BCUT2D eigenvalue weighted by Gasteiger charge is -2.28. The zero-order chi connectivity index (χ0) is 22.1. The highest BCUT2D eigenvalue weighted by atomic mass is 16.2. The van der Waals surface area contributed by atoms with E-state index in [0.29, 0.717) is 23.2 Å². The summed E-state index contributed by atoms with van der Waals surface area (Å²) in [6, 6.07) is 6.34. The first kappa shape index (κ1) is 24.1. The number of benzene rings is 1. The van der Waals surface area contributed by atoms with Crippen molar-refractivity contribution < 1.29 is 14.4 Å². The summed E-state index contributed by atoms with van der Waals surface area (Å²) in [7, 11) is 1.62. The minimum atomic E-state index is -0.826. The maximum Gasteiger partial charge on any atom is 0.251 e. The molecule has 0 aliphatic rings. The average Bonchev–Trinajstić information content (AvgIpc) is 2.68. The van der Waals surface area contributed by atoms with Crippen molar-refractivity contribution in [3.05, 3.63) is 46.8 Å². The number of nitrogens with one attached hydrogen (secondary N) is 3. The second-order valence-electron chi connectivity index (χ2n) is 7.27. The molecule has 2 amide bonds. The zero-order valence-electron chi connectivity index (χ0n) is 18.1. The molecule has 0 heterocycles. The fourth-order valence-electron chi connectivity index (χ4n) is 2.70. The van der Waals surface area contributed by atoms with Crippen LogP contribution in [0.4, 0.5) is 0 Å². The van der Waals surface area contributed by atoms with Crippen LogP contribution >= 0.6 is 0 Å². The summed E-state index contributed by atoms with van der Waals surface area (Å²) < 4.78 is 0. The van der Waals surface area contributed by atoms with Gasteiger partial charge in [0.05, 0.1) is 6.04 Å². The van der Waals surface area contributed by atoms with Crippen LogP contribution in [0.25, 0.3) is 0 Å². The summed E-state index contributed by atoms with van der Waals surface area (Å²) in [5.74, 6) is -0.0684. The maximum atomic E-state index is 12.5. The molecule has 0 fully saturated rings. The topological polar surface area (TPSA) is 102 Å². The van der Waals surface area contributed by atoms with Crippen molar-refractivity contribution >= 4 is 23.8 Å². The number of rotatable bonds is 10. The normalized spacial score (nSPS) is 13.6. The van der Waals surface area contributed by atoms with Crippen molar-refractivity contribution in [1.29, 1.82) is 5.41 Å². The lowest BCUT2D eigenvalue weighted by atomic mass is 10.0. The van der Waals surface area contributed by atoms with Gasteiger partial charge in [0, 0.05) is 43.3 Å². The molecule has 1 aromatic rings. The van der Waals surface area contributed by atoms with Gasteiger partial charge in [0.1, 0.15) is 12.1 Å². The van der Waals surface area contributed by atoms with Crippen LogP contribution in [0.3, 0.4) is 0 Å². The van der Waals surface area contributed by atoms with E-state index >= 15 is 0 Å². The van der Waals surface area contributed by atoms with Crippen LogP contribution in [-0.2, 0) is 9.59 Å². The molecule has 0 radical (unpaired) electrons. The van der Waals surface area contributed by atoms with Crippen molar-refractivity contribution in [3.8, 4) is 0 Å². The van der Waals surface area contributed by atoms with Gasteiger partial charge in [-0.25, -0.2) is 0 Å². The summed E-state index contributed by atoms with van der Waals surface area (Å²) in [6.45, 7) is 8.91. The molecule has 0 bridgehead atoms. The Kier molecular flexibility index (Phi) is 9.25. The Bertz CT molecular complexity index is 801. The van der Waals surface area contributed by atoms with Gasteiger partial charge >= 0.3 is 0 Å². The standard InChI is InChI=1S/C22H32N4O3/c1-7-15(3)24-21(26(6)17(5)28)20(16(4)23)12-19(13-27)25-22(29)18-10-8-9-14(2)11-18/h8-11,13,15,19,23-24H,7,12H2,1-6H3,(H,25,29)/b21-20+,23-16?. The van der Waals surface area contributed by atoms with Crippen LogP contribution in [0.5, 0.6) is 0 Å². The molecule has 1 rings (SSSR count). The van der Waals surface area contributed by atoms with E-state index in [1.807, 2.05) is 26.8 Å². The van der Waals surface area contributed by atoms with Gasteiger partial charge in [-0.15, -0.1) is 0 Å². The third-order valence-electron chi connectivity index (χ3n) is 4.73. The van der Waals surface area contributed by atoms with Gasteiger partial charge in [-0.2, -0.15) is 0 Å². The quantitative estimate of drug-likeness (QED) is 0.415. The number of carbonyl (C=O) groups excluding carboxylic acids is 3. The molecule has 2 unspecified atom stereocenters. The number of carbonyl (C=O) groups is 3. The first-order valence-corrected chi connectivity index (χ1v) is 9.72. The molecule has 3 N–H and O–H groups in total. The highest BCUT2D eigenvalue weighted by Gasteiger charge is 2.22. The van der Waals surface area contributed by atoms with Crippen molar-refractivity contribution in [2.24, 2.45) is 0 Å². The van der Waals surface area contributed by atoms with Gasteiger partial charge in [-0.3, -0.25) is 9.59 Å². The fraction of sp³-hybridized carbons (Fsp3) is 0.455. The summed E-state index contributed by atoms with van der Waals surface area (Å²) in [5, 5.41) is 14.2. The Hall–Kier alpha value is -2.96. The van der Waals surface area contributed by atoms with E-state index in [1.165, 1.54) is 11.8 Å². The second kappa shape index (κ2) is 11.1. The number of hydrogen-bond acceptors (Lipinski definition) is 5. The average molecular weight is 401 g/mol. The summed E-state index contributed by atoms with van der Waals surface area (Å²) in [5.41, 5.74) is 2.14. The minimum absolute atomic E-state index is 0.0673. The highest BCUT2D eigenvalue weighted by molar-refractivity contribution is 5.99. The molecule has 7 heteroatoms. The molecule has 158 valence electrons. The third-order valence-corrected chi connectivity index (χ3v) is 4.73. The minimum Gasteiger partial charge on any atom is -0.369 e. The monoisotopic (exact) mass is 400 g/mol. The van der Waals surface area contributed by atoms with Gasteiger partial charge in [0.2, 0.25) is 5.91 Å². The Balaban J connectivity index is 3.20. The van der Waals surface area contributed by atoms with Gasteiger partial charge in [0.25, 0.3) is 5.91 Å². The molecule has 0 aromatic heterocycles. The summed E-state index contributed by atoms with van der Waals surface area (Å²) in [6.07, 6.45) is 1.58. The van der Waals surface area contributed by atoms with Gasteiger partial charge in [-0.05, 0) is 39.3 Å². The number of aldehydes is 1. The van der Waals surface area contributed by atoms with Gasteiger partial charge in [-0.1, -0.05) is 24.6 Å². The first-order valence-electron chi connectivity index (χ1n) is 9.72. The molecule has 1 aromatic carbocycles. The van der Waals surface area contributed by atoms with E-state index in [9.17, 15) is 14.4 Å². The Morgan fingerprint density at radius 3 is 2.38 bits per heavy atom. The predicted octanol–water partition coefficient (Wildman–Crippen LogP) is 2.80. The van der Waals surface area contributed by atoms with Crippen molar-refractivity contribution in [3.63, 3.8) is 0 Å². The molecule has 0 aliphatic carbocycles. The lowest BCUT2D eigenvalue weighted by Crippen LogP contribution is -2.41. The molecular weight excluding hydrogens is 368 g/mol. The first-order chi connectivity index (χ1) is 13.6. The second-order valence-corrected chi connectivity index (χ2v) is 7.27. The van der Waals surface area contributed by atoms with E-state index < -0.39 is 6.04 Å². The molecule has 0 saturated carbocycles. The largest absolute Gasteiger partial charge is 0.369 e. The van der Waals surface area contributed by atoms with E-state index in [-0.39, 0.29) is 30.0 Å². The molecule has 2 atom stereocenters. The van der Waals surface area contributed by atoms with Crippen LogP contribution in [0.15, 0.2) is 35.7 Å². The van der Waals surface area contributed by atoms with Gasteiger partial charge in [0.15, 0.2) is 0 Å². The number of hydrogen-bond donors (Lipinski definition) is 3. The SMILES string of the molecule is CCC(C)N/C(=C(/CC(C=O)NC(=O)c1cccc(C)c1)C(C)=N)N(C)C(C)=O. The Labute approximate surface area is 173 Å². The van der Waals surface area contributed by atoms with Crippen LogP contribution < -0.4 is 10.6 Å². The number of aryl methyl sites for hydroxylation is 1. The maximum absolute atomic E-state index is 12.5. The third kappa shape index (κ3) is 7.18. The smallest absolute Gasteiger partial charge is 0.251 e. The molecule has 0 aliphatic heterocycles. The van der Waals surface area contributed by atoms with Crippen molar-refractivity contribution in [2.45, 2.75) is 59.5 Å². The molecule has 0 saturated heterocycles. The zero-order valence-corrected chi connectivity index (χ0v) is 18.1. The predicted molar refractivity (Wildman–Crippen MR) is 115 cm³/mol. The van der Waals surface area contributed by atoms with Crippen LogP contribution in [0.1, 0.15) is 56.5 Å². The van der Waals surface area contributed by atoms with E-state index in [1.54, 1.807) is 32.2 Å². The Morgan fingerprint density at radius 1 is 1.24 bits per heavy atom. The van der Waals surface area contributed by atoms with Crippen LogP contribution in [-0.4, -0.2) is 47.8 Å². The van der Waals surface area contributed by atoms with E-state index in [2.05, 4.69) is 10.6 Å². The number of nitrogens with zero attached hydrogens (tertiary/aromatic N) is 1. The van der Waals surface area contributed by atoms with Crippen molar-refractivity contribution in [2.75, 3.05) is 7.05 Å². The van der Waals surface area contributed by atoms with Crippen LogP contribution in [0.2, 0.25) is 0 Å². The van der Waals surface area contributed by atoms with E-state index in [4.69, 9.17) is 5.41 Å². The summed E-state index contributed by atoms with van der Waals surface area (Å²) >= 11 is 0. The molecule has 7 nitrogen and oxygen atoms in total. The van der Waals surface area contributed by atoms with Crippen molar-refractivity contribution in [1.82, 2.24) is 15.5 Å². The van der Waals surface area contributed by atoms with Crippen LogP contribution in [0, 0.1) is 12.3 Å². The van der Waals surface area contributed by atoms with Gasteiger partial charge < -0.3 is 25.7 Å². The molecule has 0 spiro atoms. The number of amides is 2. The molecular formula is C22H32N4O3. The highest BCUT2D eigenvalue weighted by Crippen LogP contribution is 2.16.